The van der Waals surface area contributed by atoms with Gasteiger partial charge in [-0.2, -0.15) is 0 Å². The number of ketones is 1. The molecule has 254 valence electrons. The maximum atomic E-state index is 13.2. The van der Waals surface area contributed by atoms with Crippen LogP contribution in [0.25, 0.3) is 0 Å². The molecule has 5 fully saturated rings. The van der Waals surface area contributed by atoms with Gasteiger partial charge >= 0.3 is 17.9 Å². The zero-order valence-corrected chi connectivity index (χ0v) is 29.5. The lowest BCUT2D eigenvalue weighted by Gasteiger charge is -2.59. The molecule has 0 aromatic rings. The normalized spacial score (nSPS) is 45.1. The van der Waals surface area contributed by atoms with Crippen molar-refractivity contribution >= 4 is 34.6 Å². The van der Waals surface area contributed by atoms with Crippen LogP contribution in [0.1, 0.15) is 93.9 Å². The van der Waals surface area contributed by atoms with Crippen molar-refractivity contribution in [1.82, 2.24) is 0 Å². The number of hydrogen-bond donors (Lipinski definition) is 0. The van der Waals surface area contributed by atoms with E-state index in [4.69, 9.17) is 23.7 Å². The molecule has 3 saturated carbocycles. The summed E-state index contributed by atoms with van der Waals surface area (Å²) < 4.78 is 31.4. The van der Waals surface area contributed by atoms with E-state index < -0.39 is 34.4 Å². The molecule has 0 N–H and O–H groups in total. The standard InChI is InChI=1S/C36H50O9S/c1-19(28-18-35(8)32(4,5)44-36(43-28,45-35)30(31(40)46-9)42-21(3)38)24-10-11-25-29-26(13-15-34(24,25)7)33(6)14-12-23(39)16-22(33)17-27(29)41-20(2)37/h12,14,16,19,24-30H,10-11,13,15,17-18H2,1-9H3. The summed E-state index contributed by atoms with van der Waals surface area (Å²) in [6.45, 7) is 15.5. The number of thioether (sulfide) groups is 1. The molecule has 10 heteroatoms. The van der Waals surface area contributed by atoms with Crippen LogP contribution < -0.4 is 0 Å². The molecule has 12 unspecified atom stereocenters. The predicted molar refractivity (Wildman–Crippen MR) is 171 cm³/mol. The summed E-state index contributed by atoms with van der Waals surface area (Å²) in [5.41, 5.74) is -0.797. The number of esters is 2. The molecule has 0 aromatic heterocycles. The fourth-order valence-electron chi connectivity index (χ4n) is 10.5. The van der Waals surface area contributed by atoms with Crippen LogP contribution in [-0.4, -0.2) is 64.6 Å². The van der Waals surface area contributed by atoms with Crippen LogP contribution in [0, 0.1) is 40.4 Å². The van der Waals surface area contributed by atoms with Crippen LogP contribution in [0.4, 0.5) is 0 Å². The summed E-state index contributed by atoms with van der Waals surface area (Å²) in [5.74, 6) is -1.61. The summed E-state index contributed by atoms with van der Waals surface area (Å²) in [5, 5.41) is -0.399. The molecule has 6 aliphatic rings. The lowest BCUT2D eigenvalue weighted by Crippen LogP contribution is -2.60. The van der Waals surface area contributed by atoms with Crippen molar-refractivity contribution < 1.29 is 42.9 Å². The van der Waals surface area contributed by atoms with Gasteiger partial charge in [-0.1, -0.05) is 44.2 Å². The van der Waals surface area contributed by atoms with E-state index in [-0.39, 0.29) is 52.5 Å². The van der Waals surface area contributed by atoms with E-state index in [1.807, 2.05) is 20.8 Å². The van der Waals surface area contributed by atoms with Crippen molar-refractivity contribution in [2.75, 3.05) is 6.26 Å². The molecule has 0 spiro atoms. The van der Waals surface area contributed by atoms with Crippen molar-refractivity contribution in [2.45, 2.75) is 129 Å². The Morgan fingerprint density at radius 2 is 1.72 bits per heavy atom. The first-order chi connectivity index (χ1) is 21.4. The minimum atomic E-state index is -1.84. The molecule has 2 aliphatic heterocycles. The van der Waals surface area contributed by atoms with Gasteiger partial charge in [0.25, 0.3) is 6.10 Å². The summed E-state index contributed by atoms with van der Waals surface area (Å²) >= 11 is 0.952. The third-order valence-corrected chi connectivity index (χ3v) is 13.7. The smallest absolute Gasteiger partial charge is 0.332 e. The number of hydrogen-bond acceptors (Lipinski definition) is 10. The van der Waals surface area contributed by atoms with Crippen LogP contribution in [0.5, 0.6) is 0 Å². The van der Waals surface area contributed by atoms with Gasteiger partial charge < -0.3 is 23.7 Å². The molecule has 4 aliphatic carbocycles. The summed E-state index contributed by atoms with van der Waals surface area (Å²) in [4.78, 5) is 50.2. The summed E-state index contributed by atoms with van der Waals surface area (Å²) in [7, 11) is 0. The minimum Gasteiger partial charge on any atom is -0.462 e. The first-order valence-corrected chi connectivity index (χ1v) is 18.1. The monoisotopic (exact) mass is 658 g/mol. The lowest BCUT2D eigenvalue weighted by atomic mass is 9.46. The Bertz CT molecular complexity index is 1380. The van der Waals surface area contributed by atoms with E-state index >= 15 is 0 Å². The van der Waals surface area contributed by atoms with Crippen LogP contribution >= 0.6 is 11.8 Å². The maximum Gasteiger partial charge on any atom is 0.332 e. The molecule has 46 heavy (non-hydrogen) atoms. The van der Waals surface area contributed by atoms with Crippen molar-refractivity contribution in [3.05, 3.63) is 23.8 Å². The average Bonchev–Trinajstić information content (AvgIpc) is 3.38. The Hall–Kier alpha value is -2.01. The topological polar surface area (TPSA) is 114 Å². The van der Waals surface area contributed by atoms with Gasteiger partial charge in [-0.05, 0) is 93.9 Å². The Balaban J connectivity index is 1.32. The van der Waals surface area contributed by atoms with Crippen molar-refractivity contribution in [1.29, 1.82) is 0 Å². The highest BCUT2D eigenvalue weighted by atomic mass is 32.2. The zero-order valence-electron chi connectivity index (χ0n) is 28.7. The van der Waals surface area contributed by atoms with E-state index in [2.05, 4.69) is 26.8 Å². The second kappa shape index (κ2) is 11.3. The largest absolute Gasteiger partial charge is 0.462 e. The van der Waals surface area contributed by atoms with Gasteiger partial charge in [0.1, 0.15) is 11.7 Å². The van der Waals surface area contributed by atoms with Crippen molar-refractivity contribution in [2.24, 2.45) is 40.4 Å². The number of rotatable bonds is 6. The van der Waals surface area contributed by atoms with Crippen molar-refractivity contribution in [3.8, 4) is 0 Å². The fourth-order valence-corrected chi connectivity index (χ4v) is 10.9. The SMILES string of the molecule is CSC(=O)C(OC(C)=O)C12OC(C(C)C3CCC4C5C(OC(C)=O)CC6=CC(=O)C=CC6(C)C5CCC34C)CC(C)(O1)C(C)(C)O2. The molecule has 2 heterocycles. The molecule has 0 aromatic carbocycles. The van der Waals surface area contributed by atoms with Crippen molar-refractivity contribution in [3.63, 3.8) is 0 Å². The van der Waals surface area contributed by atoms with Gasteiger partial charge in [0.2, 0.25) is 5.12 Å². The van der Waals surface area contributed by atoms with E-state index in [9.17, 15) is 19.2 Å². The van der Waals surface area contributed by atoms with Gasteiger partial charge in [-0.3, -0.25) is 19.2 Å². The van der Waals surface area contributed by atoms with Gasteiger partial charge in [0, 0.05) is 38.0 Å². The molecule has 0 amide bonds. The second-order valence-corrected chi connectivity index (χ2v) is 16.7. The van der Waals surface area contributed by atoms with E-state index in [1.54, 1.807) is 18.4 Å². The Labute approximate surface area is 276 Å². The Kier molecular flexibility index (Phi) is 8.30. The van der Waals surface area contributed by atoms with Crippen LogP contribution in [-0.2, 0) is 42.9 Å². The van der Waals surface area contributed by atoms with Crippen LogP contribution in [0.2, 0.25) is 0 Å². The van der Waals surface area contributed by atoms with E-state index in [1.165, 1.54) is 13.8 Å². The minimum absolute atomic E-state index is 0.00197. The highest BCUT2D eigenvalue weighted by Crippen LogP contribution is 2.68. The molecule has 12 atom stereocenters. The van der Waals surface area contributed by atoms with Gasteiger partial charge in [-0.25, -0.2) is 0 Å². The van der Waals surface area contributed by atoms with E-state index in [0.717, 1.165) is 43.0 Å². The third kappa shape index (κ3) is 5.07. The molecular formula is C36H50O9S. The molecule has 6 rings (SSSR count). The molecular weight excluding hydrogens is 608 g/mol. The van der Waals surface area contributed by atoms with Gasteiger partial charge in [0.05, 0.1) is 11.7 Å². The first-order valence-electron chi connectivity index (χ1n) is 16.8. The Morgan fingerprint density at radius 3 is 2.37 bits per heavy atom. The average molecular weight is 659 g/mol. The number of carbonyl (C=O) groups is 4. The zero-order chi connectivity index (χ0) is 33.6. The van der Waals surface area contributed by atoms with Gasteiger partial charge in [0.15, 0.2) is 5.78 Å². The highest BCUT2D eigenvalue weighted by Gasteiger charge is 2.71. The molecule has 2 bridgehead atoms. The Morgan fingerprint density at radius 1 is 1.00 bits per heavy atom. The lowest BCUT2D eigenvalue weighted by molar-refractivity contribution is -0.417. The van der Waals surface area contributed by atoms with Crippen LogP contribution in [0.3, 0.4) is 0 Å². The molecule has 0 radical (unpaired) electrons. The summed E-state index contributed by atoms with van der Waals surface area (Å²) in [6, 6.07) is 0. The number of fused-ring (bicyclic) bond motifs is 7. The molecule has 2 saturated heterocycles. The molecule has 9 nitrogen and oxygen atoms in total. The fraction of sp³-hybridized carbons (Fsp3) is 0.778. The quantitative estimate of drug-likeness (QED) is 0.318. The highest BCUT2D eigenvalue weighted by molar-refractivity contribution is 8.13. The van der Waals surface area contributed by atoms with E-state index in [0.29, 0.717) is 24.7 Å². The predicted octanol–water partition coefficient (Wildman–Crippen LogP) is 5.94. The number of carbonyl (C=O) groups excluding carboxylic acids is 4. The summed E-state index contributed by atoms with van der Waals surface area (Å²) in [6.07, 6.45) is 10.4. The first kappa shape index (κ1) is 33.9. The number of allylic oxidation sites excluding steroid dienone is 3. The third-order valence-electron chi connectivity index (χ3n) is 13.1. The number of ether oxygens (including phenoxy) is 5. The second-order valence-electron chi connectivity index (χ2n) is 15.8. The maximum absolute atomic E-state index is 13.2. The van der Waals surface area contributed by atoms with Crippen LogP contribution in [0.15, 0.2) is 23.8 Å². The van der Waals surface area contributed by atoms with Gasteiger partial charge in [-0.15, -0.1) is 0 Å².